The Balaban J connectivity index is 1.97. The van der Waals surface area contributed by atoms with Gasteiger partial charge in [-0.3, -0.25) is 0 Å². The fraction of sp³-hybridized carbons (Fsp3) is 0.556. The second-order valence-corrected chi connectivity index (χ2v) is 4.30. The van der Waals surface area contributed by atoms with E-state index in [1.807, 2.05) is 12.4 Å². The molecule has 0 spiro atoms. The normalized spacial score (nSPS) is 22.1. The van der Waals surface area contributed by atoms with Crippen molar-refractivity contribution in [3.63, 3.8) is 0 Å². The highest BCUT2D eigenvalue weighted by atomic mass is 79.9. The predicted molar refractivity (Wildman–Crippen MR) is 54.4 cm³/mol. The van der Waals surface area contributed by atoms with Crippen molar-refractivity contribution in [3.05, 3.63) is 22.7 Å². The Morgan fingerprint density at radius 3 is 2.85 bits per heavy atom. The highest BCUT2D eigenvalue weighted by Gasteiger charge is 2.15. The lowest BCUT2D eigenvalue weighted by atomic mass is 10.1. The van der Waals surface area contributed by atoms with Crippen LogP contribution in [0.3, 0.4) is 0 Å². The maximum absolute atomic E-state index is 4.26. The fourth-order valence-corrected chi connectivity index (χ4v) is 1.80. The summed E-state index contributed by atoms with van der Waals surface area (Å²) in [5.74, 6) is 1.68. The van der Waals surface area contributed by atoms with Gasteiger partial charge in [-0.1, -0.05) is 0 Å². The van der Waals surface area contributed by atoms with Gasteiger partial charge in [0.05, 0.1) is 4.47 Å². The van der Waals surface area contributed by atoms with Gasteiger partial charge in [-0.25, -0.2) is 9.97 Å². The van der Waals surface area contributed by atoms with Gasteiger partial charge in [0.25, 0.3) is 0 Å². The zero-order chi connectivity index (χ0) is 9.10. The summed E-state index contributed by atoms with van der Waals surface area (Å²) in [5.41, 5.74) is 0. The van der Waals surface area contributed by atoms with Crippen LogP contribution >= 0.6 is 15.9 Å². The molecule has 0 radical (unpaired) electrons. The van der Waals surface area contributed by atoms with Crippen LogP contribution < -0.4 is 5.32 Å². The molecule has 0 amide bonds. The summed E-state index contributed by atoms with van der Waals surface area (Å²) in [5, 5.41) is 3.34. The van der Waals surface area contributed by atoms with Crippen LogP contribution in [-0.4, -0.2) is 23.1 Å². The average Bonchev–Trinajstić information content (AvgIpc) is 2.62. The Morgan fingerprint density at radius 1 is 1.46 bits per heavy atom. The fourth-order valence-electron chi connectivity index (χ4n) is 1.59. The number of hydrogen-bond donors (Lipinski definition) is 1. The molecule has 0 bridgehead atoms. The van der Waals surface area contributed by atoms with Gasteiger partial charge in [-0.15, -0.1) is 0 Å². The minimum absolute atomic E-state index is 0.723. The number of halogens is 1. The van der Waals surface area contributed by atoms with Crippen molar-refractivity contribution in [1.29, 1.82) is 0 Å². The first-order valence-corrected chi connectivity index (χ1v) is 5.31. The molecule has 13 heavy (non-hydrogen) atoms. The van der Waals surface area contributed by atoms with Crippen LogP contribution in [0.4, 0.5) is 0 Å². The third-order valence-electron chi connectivity index (χ3n) is 2.31. The van der Waals surface area contributed by atoms with E-state index in [1.165, 1.54) is 6.42 Å². The molecule has 2 heterocycles. The van der Waals surface area contributed by atoms with Crippen molar-refractivity contribution in [2.24, 2.45) is 5.92 Å². The summed E-state index contributed by atoms with van der Waals surface area (Å²) in [6.45, 7) is 2.25. The summed E-state index contributed by atoms with van der Waals surface area (Å²) < 4.78 is 0.945. The number of nitrogens with one attached hydrogen (secondary N) is 1. The first kappa shape index (κ1) is 9.09. The van der Waals surface area contributed by atoms with Gasteiger partial charge >= 0.3 is 0 Å². The minimum Gasteiger partial charge on any atom is -0.316 e. The quantitative estimate of drug-likeness (QED) is 0.851. The molecule has 1 aromatic heterocycles. The van der Waals surface area contributed by atoms with Crippen LogP contribution in [0.25, 0.3) is 0 Å². The number of nitrogens with zero attached hydrogens (tertiary/aromatic N) is 2. The zero-order valence-electron chi connectivity index (χ0n) is 7.33. The van der Waals surface area contributed by atoms with Gasteiger partial charge in [0, 0.05) is 18.8 Å². The van der Waals surface area contributed by atoms with E-state index >= 15 is 0 Å². The van der Waals surface area contributed by atoms with Gasteiger partial charge < -0.3 is 5.32 Å². The Morgan fingerprint density at radius 2 is 2.23 bits per heavy atom. The molecule has 1 unspecified atom stereocenters. The molecule has 70 valence electrons. The lowest BCUT2D eigenvalue weighted by molar-refractivity contribution is 0.561. The molecule has 1 fully saturated rings. The van der Waals surface area contributed by atoms with E-state index in [9.17, 15) is 0 Å². The maximum atomic E-state index is 4.26. The van der Waals surface area contributed by atoms with Gasteiger partial charge in [-0.05, 0) is 41.4 Å². The van der Waals surface area contributed by atoms with Crippen molar-refractivity contribution < 1.29 is 0 Å². The van der Waals surface area contributed by atoms with Crippen molar-refractivity contribution in [3.8, 4) is 0 Å². The second kappa shape index (κ2) is 4.15. The third kappa shape index (κ3) is 2.48. The highest BCUT2D eigenvalue weighted by molar-refractivity contribution is 9.10. The Kier molecular flexibility index (Phi) is 2.90. The molecule has 4 heteroatoms. The van der Waals surface area contributed by atoms with Gasteiger partial charge in [0.1, 0.15) is 5.82 Å². The Labute approximate surface area is 86.1 Å². The maximum Gasteiger partial charge on any atom is 0.128 e. The van der Waals surface area contributed by atoms with Crippen LogP contribution in [-0.2, 0) is 6.42 Å². The summed E-state index contributed by atoms with van der Waals surface area (Å²) in [6, 6.07) is 0. The molecule has 0 saturated carbocycles. The molecule has 1 aromatic rings. The van der Waals surface area contributed by atoms with E-state index in [1.54, 1.807) is 0 Å². The molecule has 1 N–H and O–H groups in total. The number of aromatic nitrogens is 2. The number of rotatable bonds is 2. The molecular formula is C9H12BrN3. The molecule has 0 aliphatic carbocycles. The third-order valence-corrected chi connectivity index (χ3v) is 2.72. The van der Waals surface area contributed by atoms with E-state index in [-0.39, 0.29) is 0 Å². The Hall–Kier alpha value is -0.480. The smallest absolute Gasteiger partial charge is 0.128 e. The first-order chi connectivity index (χ1) is 6.34. The number of hydrogen-bond acceptors (Lipinski definition) is 3. The minimum atomic E-state index is 0.723. The summed E-state index contributed by atoms with van der Waals surface area (Å²) in [7, 11) is 0. The van der Waals surface area contributed by atoms with Crippen LogP contribution in [0.5, 0.6) is 0 Å². The van der Waals surface area contributed by atoms with Crippen LogP contribution in [0.1, 0.15) is 12.2 Å². The van der Waals surface area contributed by atoms with E-state index in [2.05, 4.69) is 31.2 Å². The SMILES string of the molecule is Brc1cnc(CC2CCNC2)nc1. The standard InChI is InChI=1S/C9H12BrN3/c10-8-5-12-9(13-6-8)3-7-1-2-11-4-7/h5-7,11H,1-4H2. The van der Waals surface area contributed by atoms with Crippen molar-refractivity contribution in [2.75, 3.05) is 13.1 Å². The van der Waals surface area contributed by atoms with Crippen molar-refractivity contribution in [1.82, 2.24) is 15.3 Å². The largest absolute Gasteiger partial charge is 0.316 e. The van der Waals surface area contributed by atoms with E-state index in [0.717, 1.165) is 35.7 Å². The van der Waals surface area contributed by atoms with Gasteiger partial charge in [-0.2, -0.15) is 0 Å². The molecule has 1 aliphatic heterocycles. The van der Waals surface area contributed by atoms with Gasteiger partial charge in [0.2, 0.25) is 0 Å². The molecule has 1 atom stereocenters. The molecule has 0 aromatic carbocycles. The predicted octanol–water partition coefficient (Wildman–Crippen LogP) is 1.39. The first-order valence-electron chi connectivity index (χ1n) is 4.52. The van der Waals surface area contributed by atoms with Crippen molar-refractivity contribution >= 4 is 15.9 Å². The summed E-state index contributed by atoms with van der Waals surface area (Å²) in [6.07, 6.45) is 5.87. The second-order valence-electron chi connectivity index (χ2n) is 3.38. The van der Waals surface area contributed by atoms with E-state index in [4.69, 9.17) is 0 Å². The van der Waals surface area contributed by atoms with Crippen LogP contribution in [0.2, 0.25) is 0 Å². The Bertz CT molecular complexity index is 267. The monoisotopic (exact) mass is 241 g/mol. The van der Waals surface area contributed by atoms with Crippen molar-refractivity contribution in [2.45, 2.75) is 12.8 Å². The van der Waals surface area contributed by atoms with E-state index < -0.39 is 0 Å². The molecule has 1 saturated heterocycles. The highest BCUT2D eigenvalue weighted by Crippen LogP contribution is 2.13. The molecule has 3 nitrogen and oxygen atoms in total. The molecule has 2 rings (SSSR count). The summed E-state index contributed by atoms with van der Waals surface area (Å²) >= 11 is 3.32. The van der Waals surface area contributed by atoms with E-state index in [0.29, 0.717) is 0 Å². The van der Waals surface area contributed by atoms with Crippen LogP contribution in [0, 0.1) is 5.92 Å². The lowest BCUT2D eigenvalue weighted by Crippen LogP contribution is -2.12. The van der Waals surface area contributed by atoms with Gasteiger partial charge in [0.15, 0.2) is 0 Å². The summed E-state index contributed by atoms with van der Waals surface area (Å²) in [4.78, 5) is 8.51. The average molecular weight is 242 g/mol. The molecular weight excluding hydrogens is 230 g/mol. The molecule has 1 aliphatic rings. The topological polar surface area (TPSA) is 37.8 Å². The van der Waals surface area contributed by atoms with Crippen LogP contribution in [0.15, 0.2) is 16.9 Å². The zero-order valence-corrected chi connectivity index (χ0v) is 8.92. The lowest BCUT2D eigenvalue weighted by Gasteiger charge is -2.05.